The molecule has 3 aromatic heterocycles. The van der Waals surface area contributed by atoms with E-state index in [1.165, 1.54) is 43.5 Å². The number of hydrogen-bond acceptors (Lipinski definition) is 3. The number of hydrogen-bond donors (Lipinski definition) is 0. The van der Waals surface area contributed by atoms with Gasteiger partial charge in [-0.25, -0.2) is 15.0 Å². The van der Waals surface area contributed by atoms with Gasteiger partial charge in [0.25, 0.3) is 0 Å². The third-order valence-corrected chi connectivity index (χ3v) is 10.8. The van der Waals surface area contributed by atoms with Crippen LogP contribution in [0.3, 0.4) is 0 Å². The molecular formula is C51H33N5. The SMILES string of the molecule is c1ccc(-c2nc(-c3ccccc3)nc(-c3cccc(-c4ccc(-n5ccc6c7ccc8c9ccccc9n(-c9ccccc9)c8c7ccc65)cc4)c3)n2)cc1. The van der Waals surface area contributed by atoms with E-state index < -0.39 is 0 Å². The summed E-state index contributed by atoms with van der Waals surface area (Å²) in [6.45, 7) is 0. The van der Waals surface area contributed by atoms with Crippen LogP contribution in [0.15, 0.2) is 200 Å². The Morgan fingerprint density at radius 3 is 1.55 bits per heavy atom. The Kier molecular flexibility index (Phi) is 7.42. The fourth-order valence-electron chi connectivity index (χ4n) is 8.15. The van der Waals surface area contributed by atoms with E-state index in [-0.39, 0.29) is 0 Å². The topological polar surface area (TPSA) is 48.5 Å². The Morgan fingerprint density at radius 2 is 0.839 bits per heavy atom. The minimum atomic E-state index is 0.642. The van der Waals surface area contributed by atoms with Crippen LogP contribution in [0, 0.1) is 0 Å². The molecule has 0 amide bonds. The summed E-state index contributed by atoms with van der Waals surface area (Å²) in [6.07, 6.45) is 2.19. The van der Waals surface area contributed by atoms with E-state index >= 15 is 0 Å². The van der Waals surface area contributed by atoms with Gasteiger partial charge in [-0.2, -0.15) is 0 Å². The van der Waals surface area contributed by atoms with E-state index in [9.17, 15) is 0 Å². The molecule has 5 nitrogen and oxygen atoms in total. The molecule has 0 saturated carbocycles. The number of benzene rings is 8. The van der Waals surface area contributed by atoms with Crippen LogP contribution < -0.4 is 0 Å². The number of rotatable bonds is 6. The summed E-state index contributed by atoms with van der Waals surface area (Å²) < 4.78 is 4.70. The van der Waals surface area contributed by atoms with E-state index in [0.717, 1.165) is 39.2 Å². The Morgan fingerprint density at radius 1 is 0.304 bits per heavy atom. The van der Waals surface area contributed by atoms with Crippen LogP contribution >= 0.6 is 0 Å². The molecular weight excluding hydrogens is 683 g/mol. The van der Waals surface area contributed by atoms with Gasteiger partial charge in [-0.1, -0.05) is 146 Å². The fraction of sp³-hybridized carbons (Fsp3) is 0. The van der Waals surface area contributed by atoms with Crippen molar-refractivity contribution in [2.75, 3.05) is 0 Å². The molecule has 56 heavy (non-hydrogen) atoms. The lowest BCUT2D eigenvalue weighted by Gasteiger charge is -2.12. The minimum Gasteiger partial charge on any atom is -0.317 e. The number of fused-ring (bicyclic) bond motifs is 7. The molecule has 0 fully saturated rings. The van der Waals surface area contributed by atoms with Crippen LogP contribution in [0.5, 0.6) is 0 Å². The predicted molar refractivity (Wildman–Crippen MR) is 230 cm³/mol. The van der Waals surface area contributed by atoms with E-state index in [0.29, 0.717) is 17.5 Å². The summed E-state index contributed by atoms with van der Waals surface area (Å²) in [4.78, 5) is 14.8. The van der Waals surface area contributed by atoms with Crippen molar-refractivity contribution in [3.8, 4) is 56.7 Å². The van der Waals surface area contributed by atoms with Crippen molar-refractivity contribution >= 4 is 43.5 Å². The standard InChI is InChI=1S/C51H33N5/c1-4-13-35(14-5-1)49-52-50(36-15-6-2-7-16-36)54-51(53-49)38-18-12-17-37(33-38)34-23-25-39(26-24-34)55-32-31-43-41-27-28-45-42-21-10-11-22-47(42)56(40-19-8-3-9-20-40)48(45)44(41)29-30-46(43)55/h1-33H. The molecule has 11 aromatic rings. The molecule has 11 rings (SSSR count). The average Bonchev–Trinajstić information content (AvgIpc) is 3.87. The van der Waals surface area contributed by atoms with Crippen LogP contribution in [0.1, 0.15) is 0 Å². The molecule has 0 spiro atoms. The van der Waals surface area contributed by atoms with Crippen LogP contribution in [-0.4, -0.2) is 24.1 Å². The highest BCUT2D eigenvalue weighted by molar-refractivity contribution is 6.22. The van der Waals surface area contributed by atoms with Gasteiger partial charge in [0.15, 0.2) is 17.5 Å². The second-order valence-electron chi connectivity index (χ2n) is 14.1. The van der Waals surface area contributed by atoms with Gasteiger partial charge in [-0.05, 0) is 65.0 Å². The predicted octanol–water partition coefficient (Wildman–Crippen LogP) is 12.7. The van der Waals surface area contributed by atoms with Gasteiger partial charge in [0.1, 0.15) is 0 Å². The van der Waals surface area contributed by atoms with Crippen molar-refractivity contribution in [2.45, 2.75) is 0 Å². The van der Waals surface area contributed by atoms with Gasteiger partial charge in [0.2, 0.25) is 0 Å². The number of nitrogens with zero attached hydrogens (tertiary/aromatic N) is 5. The van der Waals surface area contributed by atoms with Crippen molar-refractivity contribution in [1.82, 2.24) is 24.1 Å². The lowest BCUT2D eigenvalue weighted by atomic mass is 10.0. The largest absolute Gasteiger partial charge is 0.317 e. The second kappa shape index (κ2) is 13.0. The molecule has 262 valence electrons. The monoisotopic (exact) mass is 715 g/mol. The van der Waals surface area contributed by atoms with Crippen molar-refractivity contribution in [1.29, 1.82) is 0 Å². The second-order valence-corrected chi connectivity index (χ2v) is 14.1. The third-order valence-electron chi connectivity index (χ3n) is 10.8. The van der Waals surface area contributed by atoms with Gasteiger partial charge in [0, 0.05) is 55.8 Å². The summed E-state index contributed by atoms with van der Waals surface area (Å²) in [5.41, 5.74) is 11.0. The normalized spacial score (nSPS) is 11.6. The van der Waals surface area contributed by atoms with Crippen molar-refractivity contribution in [3.63, 3.8) is 0 Å². The average molecular weight is 716 g/mol. The Labute approximate surface area is 323 Å². The first-order chi connectivity index (χ1) is 27.8. The summed E-state index contributed by atoms with van der Waals surface area (Å²) in [5.74, 6) is 1.95. The van der Waals surface area contributed by atoms with Crippen LogP contribution in [0.2, 0.25) is 0 Å². The molecule has 0 aliphatic rings. The molecule has 5 heteroatoms. The number of para-hydroxylation sites is 2. The zero-order valence-corrected chi connectivity index (χ0v) is 30.3. The van der Waals surface area contributed by atoms with Gasteiger partial charge in [0.05, 0.1) is 16.6 Å². The highest BCUT2D eigenvalue weighted by Crippen LogP contribution is 2.39. The maximum atomic E-state index is 4.95. The van der Waals surface area contributed by atoms with Crippen LogP contribution in [-0.2, 0) is 0 Å². The Hall–Kier alpha value is -7.63. The van der Waals surface area contributed by atoms with Gasteiger partial charge < -0.3 is 9.13 Å². The lowest BCUT2D eigenvalue weighted by molar-refractivity contribution is 1.07. The van der Waals surface area contributed by atoms with E-state index in [1.54, 1.807) is 0 Å². The Bertz CT molecular complexity index is 3160. The molecule has 8 aromatic carbocycles. The molecule has 0 aliphatic heterocycles. The highest BCUT2D eigenvalue weighted by atomic mass is 15.0. The van der Waals surface area contributed by atoms with Gasteiger partial charge >= 0.3 is 0 Å². The molecule has 0 atom stereocenters. The number of aromatic nitrogens is 5. The molecule has 0 unspecified atom stereocenters. The molecule has 0 N–H and O–H groups in total. The zero-order chi connectivity index (χ0) is 37.0. The smallest absolute Gasteiger partial charge is 0.164 e. The molecule has 0 aliphatic carbocycles. The van der Waals surface area contributed by atoms with Crippen molar-refractivity contribution in [2.24, 2.45) is 0 Å². The highest BCUT2D eigenvalue weighted by Gasteiger charge is 2.17. The van der Waals surface area contributed by atoms with E-state index in [4.69, 9.17) is 15.0 Å². The van der Waals surface area contributed by atoms with E-state index in [2.05, 4.69) is 149 Å². The van der Waals surface area contributed by atoms with Gasteiger partial charge in [-0.15, -0.1) is 0 Å². The summed E-state index contributed by atoms with van der Waals surface area (Å²) >= 11 is 0. The maximum absolute atomic E-state index is 4.95. The van der Waals surface area contributed by atoms with Crippen LogP contribution in [0.4, 0.5) is 0 Å². The first kappa shape index (κ1) is 31.9. The lowest BCUT2D eigenvalue weighted by Crippen LogP contribution is -2.00. The first-order valence-electron chi connectivity index (χ1n) is 18.9. The molecule has 3 heterocycles. The van der Waals surface area contributed by atoms with Crippen LogP contribution in [0.25, 0.3) is 100 Å². The van der Waals surface area contributed by atoms with Crippen molar-refractivity contribution in [3.05, 3.63) is 200 Å². The first-order valence-corrected chi connectivity index (χ1v) is 18.9. The third kappa shape index (κ3) is 5.29. The summed E-state index contributed by atoms with van der Waals surface area (Å²) in [6, 6.07) is 68.2. The summed E-state index contributed by atoms with van der Waals surface area (Å²) in [7, 11) is 0. The quantitative estimate of drug-likeness (QED) is 0.172. The molecule has 0 radical (unpaired) electrons. The zero-order valence-electron chi connectivity index (χ0n) is 30.3. The van der Waals surface area contributed by atoms with Crippen molar-refractivity contribution < 1.29 is 0 Å². The summed E-state index contributed by atoms with van der Waals surface area (Å²) in [5, 5.41) is 6.24. The fourth-order valence-corrected chi connectivity index (χ4v) is 8.15. The van der Waals surface area contributed by atoms with Gasteiger partial charge in [-0.3, -0.25) is 0 Å². The minimum absolute atomic E-state index is 0.642. The maximum Gasteiger partial charge on any atom is 0.164 e. The molecule has 0 saturated heterocycles. The van der Waals surface area contributed by atoms with E-state index in [1.807, 2.05) is 60.7 Å². The Balaban J connectivity index is 0.967. The molecule has 0 bridgehead atoms.